The molecule has 1 fully saturated rings. The van der Waals surface area contributed by atoms with E-state index in [1.165, 1.54) is 6.07 Å². The number of nitrogens with zero attached hydrogens (tertiary/aromatic N) is 4. The minimum atomic E-state index is -0.466. The largest absolute Gasteiger partial charge is 0.339 e. The van der Waals surface area contributed by atoms with Crippen molar-refractivity contribution in [1.29, 1.82) is 0 Å². The summed E-state index contributed by atoms with van der Waals surface area (Å²) in [6, 6.07) is 4.58. The first kappa shape index (κ1) is 16.1. The van der Waals surface area contributed by atoms with Gasteiger partial charge in [-0.15, -0.1) is 0 Å². The van der Waals surface area contributed by atoms with Crippen LogP contribution in [0.5, 0.6) is 0 Å². The van der Waals surface area contributed by atoms with E-state index in [1.807, 2.05) is 0 Å². The summed E-state index contributed by atoms with van der Waals surface area (Å²) in [4.78, 5) is 29.2. The van der Waals surface area contributed by atoms with Crippen molar-refractivity contribution in [2.24, 2.45) is 0 Å². The van der Waals surface area contributed by atoms with E-state index in [4.69, 9.17) is 4.52 Å². The number of carbonyl (C=O) groups excluding carboxylic acids is 1. The van der Waals surface area contributed by atoms with Gasteiger partial charge in [-0.2, -0.15) is 4.98 Å². The molecule has 1 saturated heterocycles. The van der Waals surface area contributed by atoms with Crippen LogP contribution in [-0.4, -0.2) is 39.0 Å². The number of hydrogen-bond donors (Lipinski definition) is 0. The van der Waals surface area contributed by atoms with Gasteiger partial charge in [0.2, 0.25) is 5.89 Å². The summed E-state index contributed by atoms with van der Waals surface area (Å²) in [6.45, 7) is 4.50. The predicted molar refractivity (Wildman–Crippen MR) is 84.7 cm³/mol. The molecule has 1 aliphatic heterocycles. The van der Waals surface area contributed by atoms with Crippen LogP contribution in [0, 0.1) is 24.0 Å². The maximum absolute atomic E-state index is 12.7. The van der Waals surface area contributed by atoms with E-state index < -0.39 is 4.92 Å². The number of carbonyl (C=O) groups is 1. The molecule has 3 rings (SSSR count). The van der Waals surface area contributed by atoms with Crippen LogP contribution in [0.4, 0.5) is 5.69 Å². The van der Waals surface area contributed by atoms with Gasteiger partial charge in [-0.05, 0) is 32.8 Å². The van der Waals surface area contributed by atoms with Gasteiger partial charge in [0, 0.05) is 30.3 Å². The van der Waals surface area contributed by atoms with Crippen molar-refractivity contribution in [1.82, 2.24) is 15.0 Å². The first-order valence-electron chi connectivity index (χ1n) is 7.80. The first-order valence-corrected chi connectivity index (χ1v) is 7.80. The second kappa shape index (κ2) is 6.38. The summed E-state index contributed by atoms with van der Waals surface area (Å²) >= 11 is 0. The number of rotatable bonds is 3. The lowest BCUT2D eigenvalue weighted by Gasteiger charge is -2.31. The third-order valence-corrected chi connectivity index (χ3v) is 4.25. The molecule has 0 radical (unpaired) electrons. The number of aromatic nitrogens is 2. The van der Waals surface area contributed by atoms with Gasteiger partial charge in [0.1, 0.15) is 0 Å². The first-order chi connectivity index (χ1) is 11.5. The number of piperidine rings is 1. The standard InChI is InChI=1S/C16H18N4O4/c1-10-5-6-12(8-14(10)20(22)23)16(21)19-7-3-4-13(9-19)15-17-11(2)18-24-15/h5-6,8,13H,3-4,7,9H2,1-2H3/t13-/m0/s1. The highest BCUT2D eigenvalue weighted by molar-refractivity contribution is 5.95. The number of hydrogen-bond acceptors (Lipinski definition) is 6. The van der Waals surface area contributed by atoms with Gasteiger partial charge in [-0.3, -0.25) is 14.9 Å². The number of nitro benzene ring substituents is 1. The molecule has 0 spiro atoms. The quantitative estimate of drug-likeness (QED) is 0.633. The summed E-state index contributed by atoms with van der Waals surface area (Å²) < 4.78 is 5.22. The molecule has 24 heavy (non-hydrogen) atoms. The van der Waals surface area contributed by atoms with E-state index in [9.17, 15) is 14.9 Å². The smallest absolute Gasteiger partial charge is 0.273 e. The van der Waals surface area contributed by atoms with E-state index in [0.29, 0.717) is 35.9 Å². The van der Waals surface area contributed by atoms with Crippen molar-refractivity contribution in [2.75, 3.05) is 13.1 Å². The maximum Gasteiger partial charge on any atom is 0.273 e. The zero-order valence-corrected chi connectivity index (χ0v) is 13.6. The fraction of sp³-hybridized carbons (Fsp3) is 0.438. The van der Waals surface area contributed by atoms with Crippen LogP contribution in [-0.2, 0) is 0 Å². The van der Waals surface area contributed by atoms with E-state index in [1.54, 1.807) is 30.9 Å². The SMILES string of the molecule is Cc1noc([C@H]2CCCN(C(=O)c3ccc(C)c([N+](=O)[O-])c3)C2)n1. The molecule has 0 saturated carbocycles. The monoisotopic (exact) mass is 330 g/mol. The van der Waals surface area contributed by atoms with Crippen molar-refractivity contribution in [3.05, 3.63) is 51.2 Å². The molecule has 1 atom stereocenters. The van der Waals surface area contributed by atoms with Crippen molar-refractivity contribution in [3.8, 4) is 0 Å². The van der Waals surface area contributed by atoms with Gasteiger partial charge in [-0.1, -0.05) is 11.2 Å². The number of aryl methyl sites for hydroxylation is 2. The lowest BCUT2D eigenvalue weighted by Crippen LogP contribution is -2.39. The average molecular weight is 330 g/mol. The van der Waals surface area contributed by atoms with Gasteiger partial charge < -0.3 is 9.42 Å². The highest BCUT2D eigenvalue weighted by Gasteiger charge is 2.29. The number of amides is 1. The van der Waals surface area contributed by atoms with E-state index >= 15 is 0 Å². The summed E-state index contributed by atoms with van der Waals surface area (Å²) in [5.74, 6) is 0.908. The Hall–Kier alpha value is -2.77. The van der Waals surface area contributed by atoms with Gasteiger partial charge in [0.25, 0.3) is 11.6 Å². The van der Waals surface area contributed by atoms with Crippen LogP contribution in [0.3, 0.4) is 0 Å². The summed E-state index contributed by atoms with van der Waals surface area (Å²) in [5.41, 5.74) is 0.825. The molecule has 8 heteroatoms. The van der Waals surface area contributed by atoms with Gasteiger partial charge >= 0.3 is 0 Å². The van der Waals surface area contributed by atoms with Crippen molar-refractivity contribution in [2.45, 2.75) is 32.6 Å². The Kier molecular flexibility index (Phi) is 4.28. The third-order valence-electron chi connectivity index (χ3n) is 4.25. The average Bonchev–Trinajstić information content (AvgIpc) is 3.01. The fourth-order valence-corrected chi connectivity index (χ4v) is 2.96. The van der Waals surface area contributed by atoms with Gasteiger partial charge in [0.05, 0.1) is 10.8 Å². The van der Waals surface area contributed by atoms with Crippen LogP contribution >= 0.6 is 0 Å². The number of benzene rings is 1. The molecule has 1 aromatic heterocycles. The van der Waals surface area contributed by atoms with E-state index in [0.717, 1.165) is 12.8 Å². The van der Waals surface area contributed by atoms with Crippen LogP contribution < -0.4 is 0 Å². The summed E-state index contributed by atoms with van der Waals surface area (Å²) in [6.07, 6.45) is 1.70. The molecular formula is C16H18N4O4. The van der Waals surface area contributed by atoms with Crippen molar-refractivity contribution >= 4 is 11.6 Å². The molecule has 1 aromatic carbocycles. The lowest BCUT2D eigenvalue weighted by molar-refractivity contribution is -0.385. The van der Waals surface area contributed by atoms with Crippen LogP contribution in [0.1, 0.15) is 46.4 Å². The second-order valence-corrected chi connectivity index (χ2v) is 6.03. The van der Waals surface area contributed by atoms with Crippen LogP contribution in [0.2, 0.25) is 0 Å². The molecule has 1 aliphatic rings. The number of nitro groups is 1. The molecule has 0 aliphatic carbocycles. The predicted octanol–water partition coefficient (Wildman–Crippen LogP) is 2.61. The molecule has 8 nitrogen and oxygen atoms in total. The number of likely N-dealkylation sites (tertiary alicyclic amines) is 1. The normalized spacial score (nSPS) is 17.8. The molecular weight excluding hydrogens is 312 g/mol. The molecule has 0 unspecified atom stereocenters. The van der Waals surface area contributed by atoms with Gasteiger partial charge in [-0.25, -0.2) is 0 Å². The Morgan fingerprint density at radius 3 is 2.88 bits per heavy atom. The highest BCUT2D eigenvalue weighted by Crippen LogP contribution is 2.27. The van der Waals surface area contributed by atoms with Crippen LogP contribution in [0.15, 0.2) is 22.7 Å². The Morgan fingerprint density at radius 2 is 2.21 bits per heavy atom. The third kappa shape index (κ3) is 3.12. The van der Waals surface area contributed by atoms with E-state index in [2.05, 4.69) is 10.1 Å². The van der Waals surface area contributed by atoms with Gasteiger partial charge in [0.15, 0.2) is 5.82 Å². The fourth-order valence-electron chi connectivity index (χ4n) is 2.96. The second-order valence-electron chi connectivity index (χ2n) is 6.03. The molecule has 0 bridgehead atoms. The topological polar surface area (TPSA) is 102 Å². The summed E-state index contributed by atoms with van der Waals surface area (Å²) in [7, 11) is 0. The molecule has 0 N–H and O–H groups in total. The van der Waals surface area contributed by atoms with Crippen molar-refractivity contribution in [3.63, 3.8) is 0 Å². The van der Waals surface area contributed by atoms with Crippen LogP contribution in [0.25, 0.3) is 0 Å². The molecule has 2 heterocycles. The van der Waals surface area contributed by atoms with Crippen molar-refractivity contribution < 1.29 is 14.2 Å². The summed E-state index contributed by atoms with van der Waals surface area (Å²) in [5, 5.41) is 14.9. The minimum Gasteiger partial charge on any atom is -0.339 e. The molecule has 1 amide bonds. The Bertz CT molecular complexity index is 786. The lowest BCUT2D eigenvalue weighted by atomic mass is 9.97. The Labute approximate surface area is 138 Å². The Morgan fingerprint density at radius 1 is 1.42 bits per heavy atom. The van der Waals surface area contributed by atoms with E-state index in [-0.39, 0.29) is 17.5 Å². The molecule has 126 valence electrons. The highest BCUT2D eigenvalue weighted by atomic mass is 16.6. The minimum absolute atomic E-state index is 0.00401. The molecule has 2 aromatic rings. The zero-order chi connectivity index (χ0) is 17.3. The Balaban J connectivity index is 1.79. The zero-order valence-electron chi connectivity index (χ0n) is 13.6. The maximum atomic E-state index is 12.7.